The number of para-hydroxylation sites is 2. The Hall–Kier alpha value is -2.59. The van der Waals surface area contributed by atoms with Crippen LogP contribution < -0.4 is 0 Å². The van der Waals surface area contributed by atoms with Gasteiger partial charge in [0.15, 0.2) is 11.6 Å². The molecule has 0 radical (unpaired) electrons. The fourth-order valence-electron chi connectivity index (χ4n) is 2.25. The van der Waals surface area contributed by atoms with E-state index < -0.39 is 0 Å². The van der Waals surface area contributed by atoms with E-state index in [1.165, 1.54) is 0 Å². The number of H-pyrrole nitrogens is 1. The molecule has 102 valence electrons. The Bertz CT molecular complexity index is 893. The number of rotatable bonds is 2. The summed E-state index contributed by atoms with van der Waals surface area (Å²) in [5, 5.41) is 4.70. The van der Waals surface area contributed by atoms with Gasteiger partial charge in [-0.15, -0.1) is 0 Å². The largest absolute Gasteiger partial charge is 0.355 e. The van der Waals surface area contributed by atoms with Gasteiger partial charge in [0.1, 0.15) is 5.69 Å². The van der Waals surface area contributed by atoms with Crippen molar-refractivity contribution < 1.29 is 4.52 Å². The summed E-state index contributed by atoms with van der Waals surface area (Å²) in [7, 11) is 0. The molecule has 0 atom stereocenters. The molecule has 0 amide bonds. The van der Waals surface area contributed by atoms with E-state index in [9.17, 15) is 0 Å². The van der Waals surface area contributed by atoms with E-state index in [2.05, 4.69) is 15.1 Å². The van der Waals surface area contributed by atoms with Crippen molar-refractivity contribution in [2.45, 2.75) is 0 Å². The average Bonchev–Trinajstić information content (AvgIpc) is 3.14. The highest BCUT2D eigenvalue weighted by molar-refractivity contribution is 6.33. The topological polar surface area (TPSA) is 54.7 Å². The third-order valence-corrected chi connectivity index (χ3v) is 3.61. The number of benzene rings is 2. The molecule has 0 fully saturated rings. The Morgan fingerprint density at radius 1 is 1.00 bits per heavy atom. The normalized spacial score (nSPS) is 11.1. The maximum absolute atomic E-state index is 6.17. The summed E-state index contributed by atoms with van der Waals surface area (Å²) in [5.74, 6) is 1.30. The number of nitrogens with zero attached hydrogens (tertiary/aromatic N) is 2. The first-order valence-corrected chi connectivity index (χ1v) is 6.86. The van der Waals surface area contributed by atoms with Crippen LogP contribution >= 0.6 is 11.6 Å². The van der Waals surface area contributed by atoms with Crippen LogP contribution in [0.15, 0.2) is 59.1 Å². The van der Waals surface area contributed by atoms with Crippen LogP contribution in [0.3, 0.4) is 0 Å². The van der Waals surface area contributed by atoms with Crippen LogP contribution in [-0.2, 0) is 0 Å². The lowest BCUT2D eigenvalue weighted by atomic mass is 10.1. The highest BCUT2D eigenvalue weighted by atomic mass is 35.5. The Balaban J connectivity index is 1.79. The van der Waals surface area contributed by atoms with Crippen molar-refractivity contribution in [1.82, 2.24) is 15.1 Å². The van der Waals surface area contributed by atoms with E-state index in [0.717, 1.165) is 16.6 Å². The predicted octanol–water partition coefficient (Wildman–Crippen LogP) is 4.54. The molecule has 21 heavy (non-hydrogen) atoms. The van der Waals surface area contributed by atoms with Crippen molar-refractivity contribution in [3.8, 4) is 22.8 Å². The number of halogens is 1. The Labute approximate surface area is 125 Å². The summed E-state index contributed by atoms with van der Waals surface area (Å²) in [6, 6.07) is 17.2. The molecule has 0 saturated heterocycles. The molecule has 0 aliphatic carbocycles. The summed E-state index contributed by atoms with van der Waals surface area (Å²) < 4.78 is 5.39. The van der Waals surface area contributed by atoms with E-state index in [0.29, 0.717) is 22.3 Å². The lowest BCUT2D eigenvalue weighted by molar-refractivity contribution is 0.434. The molecule has 2 heterocycles. The molecule has 4 nitrogen and oxygen atoms in total. The number of hydrogen-bond acceptors (Lipinski definition) is 3. The van der Waals surface area contributed by atoms with Gasteiger partial charge in [0.05, 0.1) is 16.1 Å². The van der Waals surface area contributed by atoms with Crippen LogP contribution in [-0.4, -0.2) is 15.1 Å². The second kappa shape index (κ2) is 4.75. The molecule has 0 aliphatic rings. The second-order valence-electron chi connectivity index (χ2n) is 4.66. The molecule has 2 aromatic carbocycles. The van der Waals surface area contributed by atoms with E-state index in [1.807, 2.05) is 54.6 Å². The van der Waals surface area contributed by atoms with Gasteiger partial charge >= 0.3 is 0 Å². The Kier molecular flexibility index (Phi) is 2.75. The summed E-state index contributed by atoms with van der Waals surface area (Å²) in [6.45, 7) is 0. The van der Waals surface area contributed by atoms with Crippen LogP contribution in [0.1, 0.15) is 0 Å². The minimum Gasteiger partial charge on any atom is -0.355 e. The summed E-state index contributed by atoms with van der Waals surface area (Å²) >= 11 is 6.17. The molecule has 2 aromatic heterocycles. The smallest absolute Gasteiger partial charge is 0.169 e. The molecular formula is C16H10ClN3O. The van der Waals surface area contributed by atoms with E-state index in [4.69, 9.17) is 16.1 Å². The van der Waals surface area contributed by atoms with Gasteiger partial charge in [-0.05, 0) is 24.3 Å². The van der Waals surface area contributed by atoms with Crippen molar-refractivity contribution in [3.05, 3.63) is 59.6 Å². The molecule has 4 aromatic rings. The first-order chi connectivity index (χ1) is 10.3. The molecule has 0 unspecified atom stereocenters. The van der Waals surface area contributed by atoms with Crippen molar-refractivity contribution in [3.63, 3.8) is 0 Å². The molecule has 4 rings (SSSR count). The highest BCUT2D eigenvalue weighted by Gasteiger charge is 2.13. The standard InChI is InChI=1S/C16H10ClN3O/c17-11-6-2-1-5-10(11)15-9-14(20-21-15)16-18-12-7-3-4-8-13(12)19-16/h1-9H,(H,18,19). The zero-order chi connectivity index (χ0) is 14.2. The fourth-order valence-corrected chi connectivity index (χ4v) is 2.48. The molecule has 1 N–H and O–H groups in total. The van der Waals surface area contributed by atoms with Crippen molar-refractivity contribution >= 4 is 22.6 Å². The first-order valence-electron chi connectivity index (χ1n) is 6.48. The zero-order valence-electron chi connectivity index (χ0n) is 10.9. The number of aromatic amines is 1. The van der Waals surface area contributed by atoms with E-state index in [-0.39, 0.29) is 0 Å². The molecule has 0 bridgehead atoms. The average molecular weight is 296 g/mol. The van der Waals surface area contributed by atoms with E-state index in [1.54, 1.807) is 0 Å². The third kappa shape index (κ3) is 2.10. The van der Waals surface area contributed by atoms with Gasteiger partial charge in [0.25, 0.3) is 0 Å². The lowest BCUT2D eigenvalue weighted by Crippen LogP contribution is -1.78. The number of fused-ring (bicyclic) bond motifs is 1. The van der Waals surface area contributed by atoms with Crippen LogP contribution in [0.25, 0.3) is 33.9 Å². The monoisotopic (exact) mass is 295 g/mol. The summed E-state index contributed by atoms with van der Waals surface area (Å²) in [6.07, 6.45) is 0. The predicted molar refractivity (Wildman–Crippen MR) is 82.0 cm³/mol. The number of aromatic nitrogens is 3. The molecule has 0 saturated carbocycles. The van der Waals surface area contributed by atoms with Crippen LogP contribution in [0.4, 0.5) is 0 Å². The van der Waals surface area contributed by atoms with Gasteiger partial charge in [0.2, 0.25) is 0 Å². The summed E-state index contributed by atoms with van der Waals surface area (Å²) in [5.41, 5.74) is 3.33. The van der Waals surface area contributed by atoms with Gasteiger partial charge in [-0.1, -0.05) is 41.0 Å². The number of nitrogens with one attached hydrogen (secondary N) is 1. The summed E-state index contributed by atoms with van der Waals surface area (Å²) in [4.78, 5) is 7.73. The van der Waals surface area contributed by atoms with Crippen LogP contribution in [0.2, 0.25) is 5.02 Å². The van der Waals surface area contributed by atoms with Gasteiger partial charge in [-0.3, -0.25) is 0 Å². The maximum Gasteiger partial charge on any atom is 0.169 e. The zero-order valence-corrected chi connectivity index (χ0v) is 11.6. The van der Waals surface area contributed by atoms with Crippen molar-refractivity contribution in [2.75, 3.05) is 0 Å². The minimum atomic E-state index is 0.621. The van der Waals surface area contributed by atoms with Gasteiger partial charge in [0, 0.05) is 11.6 Å². The van der Waals surface area contributed by atoms with E-state index >= 15 is 0 Å². The number of hydrogen-bond donors (Lipinski definition) is 1. The maximum atomic E-state index is 6.17. The van der Waals surface area contributed by atoms with Gasteiger partial charge < -0.3 is 9.51 Å². The van der Waals surface area contributed by atoms with Gasteiger partial charge in [-0.2, -0.15) is 0 Å². The second-order valence-corrected chi connectivity index (χ2v) is 5.07. The highest BCUT2D eigenvalue weighted by Crippen LogP contribution is 2.30. The number of imidazole rings is 1. The van der Waals surface area contributed by atoms with Gasteiger partial charge in [-0.25, -0.2) is 4.98 Å². The van der Waals surface area contributed by atoms with Crippen molar-refractivity contribution in [2.24, 2.45) is 0 Å². The molecular weight excluding hydrogens is 286 g/mol. The fraction of sp³-hybridized carbons (Fsp3) is 0. The minimum absolute atomic E-state index is 0.621. The molecule has 5 heteroatoms. The Morgan fingerprint density at radius 3 is 2.67 bits per heavy atom. The first kappa shape index (κ1) is 12.2. The molecule has 0 spiro atoms. The Morgan fingerprint density at radius 2 is 1.81 bits per heavy atom. The van der Waals surface area contributed by atoms with Crippen LogP contribution in [0.5, 0.6) is 0 Å². The third-order valence-electron chi connectivity index (χ3n) is 3.28. The lowest BCUT2D eigenvalue weighted by Gasteiger charge is -1.96. The van der Waals surface area contributed by atoms with Crippen LogP contribution in [0, 0.1) is 0 Å². The quantitative estimate of drug-likeness (QED) is 0.591. The van der Waals surface area contributed by atoms with Crippen molar-refractivity contribution in [1.29, 1.82) is 0 Å². The molecule has 0 aliphatic heterocycles. The SMILES string of the molecule is Clc1ccccc1-c1cc(-c2nc3ccccc3[nH]2)no1.